The number of urea groups is 1. The molecule has 0 aliphatic heterocycles. The topological polar surface area (TPSA) is 84.6 Å². The number of Topliss-reactive ketones (excluding diaryl/α,β-unsaturated/α-hetero) is 1. The predicted molar refractivity (Wildman–Crippen MR) is 59.8 cm³/mol. The molecule has 2 aliphatic rings. The quantitative estimate of drug-likeness (QED) is 0.651. The van der Waals surface area contributed by atoms with Gasteiger partial charge in [-0.15, -0.1) is 0 Å². The first-order chi connectivity index (χ1) is 7.30. The first-order valence-corrected chi connectivity index (χ1v) is 5.48. The molecule has 0 aromatic heterocycles. The fraction of sp³-hybridized carbons (Fsp3) is 0.727. The van der Waals surface area contributed by atoms with Gasteiger partial charge in [-0.2, -0.15) is 5.10 Å². The van der Waals surface area contributed by atoms with Gasteiger partial charge in [0.15, 0.2) is 5.78 Å². The van der Waals surface area contributed by atoms with E-state index in [2.05, 4.69) is 24.4 Å². The van der Waals surface area contributed by atoms with Crippen molar-refractivity contribution < 1.29 is 9.59 Å². The Kier molecular flexibility index (Phi) is 2.12. The van der Waals surface area contributed by atoms with Crippen molar-refractivity contribution in [1.29, 1.82) is 0 Å². The van der Waals surface area contributed by atoms with Crippen molar-refractivity contribution in [2.45, 2.75) is 33.6 Å². The molecule has 0 heterocycles. The molecule has 3 N–H and O–H groups in total. The van der Waals surface area contributed by atoms with Crippen LogP contribution >= 0.6 is 0 Å². The smallest absolute Gasteiger partial charge is 0.332 e. The number of nitrogens with zero attached hydrogens (tertiary/aromatic N) is 1. The van der Waals surface area contributed by atoms with Crippen molar-refractivity contribution in [3.05, 3.63) is 0 Å². The van der Waals surface area contributed by atoms with Gasteiger partial charge in [0.25, 0.3) is 0 Å². The minimum Gasteiger partial charge on any atom is -0.350 e. The second-order valence-corrected chi connectivity index (χ2v) is 5.45. The molecular weight excluding hydrogens is 206 g/mol. The molecule has 2 rings (SSSR count). The SMILES string of the molecule is CC1(C)[C@H]2CC[C@@]1(C)C(=O)/C2=N/NC(N)=O. The van der Waals surface area contributed by atoms with Gasteiger partial charge in [0.05, 0.1) is 0 Å². The van der Waals surface area contributed by atoms with E-state index < -0.39 is 6.03 Å². The molecule has 2 saturated carbocycles. The lowest BCUT2D eigenvalue weighted by atomic mass is 9.70. The number of nitrogens with one attached hydrogen (secondary N) is 1. The normalized spacial score (nSPS) is 38.1. The Morgan fingerprint density at radius 2 is 2.12 bits per heavy atom. The number of hydrazone groups is 1. The number of nitrogens with two attached hydrogens (primary N) is 1. The summed E-state index contributed by atoms with van der Waals surface area (Å²) < 4.78 is 0. The first-order valence-electron chi connectivity index (χ1n) is 5.48. The molecule has 16 heavy (non-hydrogen) atoms. The largest absolute Gasteiger partial charge is 0.350 e. The second kappa shape index (κ2) is 3.06. The standard InChI is InChI=1S/C11H17N3O2/c1-10(2)6-4-5-11(10,3)8(15)7(6)13-14-9(12)16/h6H,4-5H2,1-3H3,(H3,12,14,16)/b13-7+/t6-,11-/m0/s1. The third-order valence-corrected chi connectivity index (χ3v) is 4.58. The lowest BCUT2D eigenvalue weighted by Gasteiger charge is -2.31. The van der Waals surface area contributed by atoms with E-state index >= 15 is 0 Å². The van der Waals surface area contributed by atoms with Gasteiger partial charge in [0, 0.05) is 11.3 Å². The third-order valence-electron chi connectivity index (χ3n) is 4.58. The fourth-order valence-corrected chi connectivity index (χ4v) is 3.07. The first kappa shape index (κ1) is 11.1. The van der Waals surface area contributed by atoms with E-state index in [1.54, 1.807) is 0 Å². The number of rotatable bonds is 1. The van der Waals surface area contributed by atoms with Crippen molar-refractivity contribution in [3.63, 3.8) is 0 Å². The second-order valence-electron chi connectivity index (χ2n) is 5.45. The van der Waals surface area contributed by atoms with Crippen LogP contribution in [0.5, 0.6) is 0 Å². The predicted octanol–water partition coefficient (Wildman–Crippen LogP) is 1.04. The number of hydrogen-bond donors (Lipinski definition) is 2. The summed E-state index contributed by atoms with van der Waals surface area (Å²) in [7, 11) is 0. The zero-order valence-corrected chi connectivity index (χ0v) is 9.83. The van der Waals surface area contributed by atoms with Gasteiger partial charge >= 0.3 is 6.03 Å². The molecule has 0 aromatic carbocycles. The number of amides is 2. The van der Waals surface area contributed by atoms with Crippen LogP contribution in [0.25, 0.3) is 0 Å². The van der Waals surface area contributed by atoms with Gasteiger partial charge in [0.1, 0.15) is 5.71 Å². The Balaban J connectivity index is 2.37. The van der Waals surface area contributed by atoms with Gasteiger partial charge in [-0.1, -0.05) is 20.8 Å². The fourth-order valence-electron chi connectivity index (χ4n) is 3.07. The highest BCUT2D eigenvalue weighted by Crippen LogP contribution is 2.62. The minimum atomic E-state index is -0.731. The van der Waals surface area contributed by atoms with E-state index in [0.29, 0.717) is 5.71 Å². The molecular formula is C11H17N3O2. The molecule has 5 heteroatoms. The van der Waals surface area contributed by atoms with Crippen molar-refractivity contribution in [3.8, 4) is 0 Å². The lowest BCUT2D eigenvalue weighted by Crippen LogP contribution is -2.34. The van der Waals surface area contributed by atoms with Crippen LogP contribution in [0.15, 0.2) is 5.10 Å². The maximum atomic E-state index is 12.2. The lowest BCUT2D eigenvalue weighted by molar-refractivity contribution is -0.123. The maximum Gasteiger partial charge on any atom is 0.332 e. The number of carbonyl (C=O) groups is 2. The highest BCUT2D eigenvalue weighted by atomic mass is 16.2. The molecule has 0 spiro atoms. The summed E-state index contributed by atoms with van der Waals surface area (Å²) in [6.07, 6.45) is 1.85. The molecule has 0 aromatic rings. The number of primary amides is 1. The molecule has 88 valence electrons. The Hall–Kier alpha value is -1.39. The summed E-state index contributed by atoms with van der Waals surface area (Å²) in [5, 5.41) is 3.87. The van der Waals surface area contributed by atoms with Crippen LogP contribution in [0, 0.1) is 16.7 Å². The number of carbonyl (C=O) groups excluding carboxylic acids is 2. The van der Waals surface area contributed by atoms with Crippen LogP contribution < -0.4 is 11.2 Å². The van der Waals surface area contributed by atoms with Crippen LogP contribution in [0.2, 0.25) is 0 Å². The van der Waals surface area contributed by atoms with Crippen molar-refractivity contribution in [2.24, 2.45) is 27.6 Å². The average molecular weight is 223 g/mol. The molecule has 2 amide bonds. The minimum absolute atomic E-state index is 0.0579. The molecule has 0 saturated heterocycles. The Morgan fingerprint density at radius 3 is 2.56 bits per heavy atom. The summed E-state index contributed by atoms with van der Waals surface area (Å²) in [5.74, 6) is 0.194. The summed E-state index contributed by atoms with van der Waals surface area (Å²) in [6.45, 7) is 6.17. The zero-order chi connectivity index (χ0) is 12.1. The summed E-state index contributed by atoms with van der Waals surface area (Å²) in [4.78, 5) is 22.8. The van der Waals surface area contributed by atoms with Gasteiger partial charge in [0.2, 0.25) is 0 Å². The Morgan fingerprint density at radius 1 is 1.50 bits per heavy atom. The van der Waals surface area contributed by atoms with E-state index in [0.717, 1.165) is 12.8 Å². The summed E-state index contributed by atoms with van der Waals surface area (Å²) in [6, 6.07) is -0.731. The van der Waals surface area contributed by atoms with Gasteiger partial charge in [-0.05, 0) is 18.3 Å². The van der Waals surface area contributed by atoms with Crippen LogP contribution in [0.3, 0.4) is 0 Å². The van der Waals surface area contributed by atoms with E-state index in [1.807, 2.05) is 6.92 Å². The molecule has 0 radical (unpaired) electrons. The van der Waals surface area contributed by atoms with E-state index in [1.165, 1.54) is 0 Å². The van der Waals surface area contributed by atoms with Crippen LogP contribution in [0.1, 0.15) is 33.6 Å². The molecule has 0 unspecified atom stereocenters. The van der Waals surface area contributed by atoms with Crippen LogP contribution in [-0.4, -0.2) is 17.5 Å². The van der Waals surface area contributed by atoms with Crippen molar-refractivity contribution in [1.82, 2.24) is 5.43 Å². The van der Waals surface area contributed by atoms with Gasteiger partial charge in [-0.25, -0.2) is 10.2 Å². The monoisotopic (exact) mass is 223 g/mol. The molecule has 5 nitrogen and oxygen atoms in total. The van der Waals surface area contributed by atoms with Gasteiger partial charge in [-0.3, -0.25) is 4.79 Å². The highest BCUT2D eigenvalue weighted by Gasteiger charge is 2.65. The molecule has 2 atom stereocenters. The van der Waals surface area contributed by atoms with E-state index in [-0.39, 0.29) is 22.5 Å². The highest BCUT2D eigenvalue weighted by molar-refractivity contribution is 6.45. The zero-order valence-electron chi connectivity index (χ0n) is 9.83. The average Bonchev–Trinajstić information content (AvgIpc) is 2.47. The summed E-state index contributed by atoms with van der Waals surface area (Å²) >= 11 is 0. The molecule has 2 aliphatic carbocycles. The van der Waals surface area contributed by atoms with Crippen LogP contribution in [0.4, 0.5) is 4.79 Å². The molecule has 2 fully saturated rings. The number of hydrogen-bond acceptors (Lipinski definition) is 3. The number of ketones is 1. The Bertz CT molecular complexity index is 400. The molecule has 2 bridgehead atoms. The Labute approximate surface area is 94.5 Å². The van der Waals surface area contributed by atoms with Crippen molar-refractivity contribution >= 4 is 17.5 Å². The van der Waals surface area contributed by atoms with E-state index in [9.17, 15) is 9.59 Å². The van der Waals surface area contributed by atoms with E-state index in [4.69, 9.17) is 5.73 Å². The van der Waals surface area contributed by atoms with Crippen molar-refractivity contribution in [2.75, 3.05) is 0 Å². The number of fused-ring (bicyclic) bond motifs is 2. The van der Waals surface area contributed by atoms with Gasteiger partial charge < -0.3 is 5.73 Å². The maximum absolute atomic E-state index is 12.2. The van der Waals surface area contributed by atoms with Crippen LogP contribution in [-0.2, 0) is 4.79 Å². The third kappa shape index (κ3) is 1.14. The summed E-state index contributed by atoms with van der Waals surface area (Å²) in [5.41, 5.74) is 7.18.